The molecular formula is C16H17NOS2. The highest BCUT2D eigenvalue weighted by atomic mass is 32.2. The number of hydrogen-bond acceptors (Lipinski definition) is 3. The summed E-state index contributed by atoms with van der Waals surface area (Å²) in [5.41, 5.74) is 2.10. The molecular weight excluding hydrogens is 286 g/mol. The van der Waals surface area contributed by atoms with Crippen LogP contribution >= 0.6 is 23.5 Å². The van der Waals surface area contributed by atoms with Crippen LogP contribution in [0, 0.1) is 0 Å². The van der Waals surface area contributed by atoms with Crippen LogP contribution in [0.15, 0.2) is 59.5 Å². The predicted octanol–water partition coefficient (Wildman–Crippen LogP) is 4.28. The molecule has 2 rings (SSSR count). The van der Waals surface area contributed by atoms with Gasteiger partial charge in [-0.3, -0.25) is 4.79 Å². The fourth-order valence-corrected chi connectivity index (χ4v) is 2.90. The first-order valence-electron chi connectivity index (χ1n) is 6.33. The van der Waals surface area contributed by atoms with Crippen LogP contribution in [-0.4, -0.2) is 17.9 Å². The van der Waals surface area contributed by atoms with Gasteiger partial charge in [-0.05, 0) is 36.1 Å². The van der Waals surface area contributed by atoms with E-state index in [1.54, 1.807) is 23.5 Å². The largest absolute Gasteiger partial charge is 0.325 e. The third-order valence-electron chi connectivity index (χ3n) is 2.72. The van der Waals surface area contributed by atoms with Crippen molar-refractivity contribution in [3.05, 3.63) is 60.2 Å². The fourth-order valence-electron chi connectivity index (χ4n) is 1.70. The Balaban J connectivity index is 1.73. The molecule has 1 N–H and O–H groups in total. The van der Waals surface area contributed by atoms with E-state index in [1.807, 2.05) is 30.3 Å². The fraction of sp³-hybridized carbons (Fsp3) is 0.188. The number of thioether (sulfide) groups is 2. The highest BCUT2D eigenvalue weighted by Crippen LogP contribution is 2.18. The average molecular weight is 303 g/mol. The van der Waals surface area contributed by atoms with Crippen molar-refractivity contribution in [1.29, 1.82) is 0 Å². The summed E-state index contributed by atoms with van der Waals surface area (Å²) in [6.45, 7) is 0. The Morgan fingerprint density at radius 3 is 2.40 bits per heavy atom. The van der Waals surface area contributed by atoms with Crippen LogP contribution in [0.25, 0.3) is 0 Å². The molecule has 0 unspecified atom stereocenters. The quantitative estimate of drug-likeness (QED) is 0.808. The van der Waals surface area contributed by atoms with Gasteiger partial charge < -0.3 is 5.32 Å². The van der Waals surface area contributed by atoms with Crippen molar-refractivity contribution < 1.29 is 4.79 Å². The molecule has 0 saturated heterocycles. The SMILES string of the molecule is CSc1ccc(CSCC(=O)Nc2ccccc2)cc1. The third-order valence-corrected chi connectivity index (χ3v) is 4.47. The minimum atomic E-state index is 0.0435. The third kappa shape index (κ3) is 4.94. The molecule has 0 aliphatic rings. The maximum atomic E-state index is 11.8. The summed E-state index contributed by atoms with van der Waals surface area (Å²) in [5, 5.41) is 2.88. The normalized spacial score (nSPS) is 10.2. The van der Waals surface area contributed by atoms with Gasteiger partial charge in [-0.2, -0.15) is 0 Å². The van der Waals surface area contributed by atoms with Crippen molar-refractivity contribution in [3.63, 3.8) is 0 Å². The molecule has 4 heteroatoms. The standard InChI is InChI=1S/C16H17NOS2/c1-19-15-9-7-13(8-10-15)11-20-12-16(18)17-14-5-3-2-4-6-14/h2-10H,11-12H2,1H3,(H,17,18). The summed E-state index contributed by atoms with van der Waals surface area (Å²) in [6.07, 6.45) is 2.07. The molecule has 0 heterocycles. The van der Waals surface area contributed by atoms with Crippen molar-refractivity contribution >= 4 is 35.1 Å². The van der Waals surface area contributed by atoms with Gasteiger partial charge in [-0.15, -0.1) is 23.5 Å². The molecule has 2 aromatic carbocycles. The Hall–Kier alpha value is -1.39. The zero-order valence-corrected chi connectivity index (χ0v) is 13.0. The second kappa shape index (κ2) is 8.02. The number of carbonyl (C=O) groups excluding carboxylic acids is 1. The number of nitrogens with one attached hydrogen (secondary N) is 1. The lowest BCUT2D eigenvalue weighted by Crippen LogP contribution is -2.13. The van der Waals surface area contributed by atoms with Gasteiger partial charge in [-0.1, -0.05) is 30.3 Å². The molecule has 0 spiro atoms. The summed E-state index contributed by atoms with van der Waals surface area (Å²) in [7, 11) is 0. The Labute approximate surface area is 128 Å². The number of rotatable bonds is 6. The van der Waals surface area contributed by atoms with Crippen molar-refractivity contribution in [2.45, 2.75) is 10.6 Å². The number of hydrogen-bond donors (Lipinski definition) is 1. The summed E-state index contributed by atoms with van der Waals surface area (Å²) >= 11 is 3.36. The lowest BCUT2D eigenvalue weighted by Gasteiger charge is -2.05. The zero-order valence-electron chi connectivity index (χ0n) is 11.3. The van der Waals surface area contributed by atoms with E-state index in [0.29, 0.717) is 5.75 Å². The van der Waals surface area contributed by atoms with E-state index in [-0.39, 0.29) is 5.91 Å². The van der Waals surface area contributed by atoms with Crippen molar-refractivity contribution in [2.24, 2.45) is 0 Å². The molecule has 2 aromatic rings. The van der Waals surface area contributed by atoms with Gasteiger partial charge in [0.25, 0.3) is 0 Å². The van der Waals surface area contributed by atoms with Crippen molar-refractivity contribution in [2.75, 3.05) is 17.3 Å². The highest BCUT2D eigenvalue weighted by Gasteiger charge is 2.02. The highest BCUT2D eigenvalue weighted by molar-refractivity contribution is 7.99. The smallest absolute Gasteiger partial charge is 0.234 e. The maximum absolute atomic E-state index is 11.8. The van der Waals surface area contributed by atoms with Gasteiger partial charge in [0.15, 0.2) is 0 Å². The molecule has 104 valence electrons. The Morgan fingerprint density at radius 1 is 1.05 bits per heavy atom. The topological polar surface area (TPSA) is 29.1 Å². The van der Waals surface area contributed by atoms with E-state index in [1.165, 1.54) is 10.5 Å². The second-order valence-electron chi connectivity index (χ2n) is 4.26. The van der Waals surface area contributed by atoms with Crippen LogP contribution in [-0.2, 0) is 10.5 Å². The van der Waals surface area contributed by atoms with Crippen LogP contribution in [0.2, 0.25) is 0 Å². The van der Waals surface area contributed by atoms with Crippen LogP contribution < -0.4 is 5.32 Å². The molecule has 0 radical (unpaired) electrons. The van der Waals surface area contributed by atoms with E-state index < -0.39 is 0 Å². The van der Waals surface area contributed by atoms with E-state index in [4.69, 9.17) is 0 Å². The summed E-state index contributed by atoms with van der Waals surface area (Å²) in [4.78, 5) is 13.0. The number of anilines is 1. The van der Waals surface area contributed by atoms with Gasteiger partial charge in [0.05, 0.1) is 5.75 Å². The van der Waals surface area contributed by atoms with Crippen LogP contribution in [0.1, 0.15) is 5.56 Å². The van der Waals surface area contributed by atoms with E-state index in [0.717, 1.165) is 11.4 Å². The Bertz CT molecular complexity index is 540. The van der Waals surface area contributed by atoms with Gasteiger partial charge in [0, 0.05) is 16.3 Å². The van der Waals surface area contributed by atoms with Crippen molar-refractivity contribution in [3.8, 4) is 0 Å². The minimum absolute atomic E-state index is 0.0435. The lowest BCUT2D eigenvalue weighted by atomic mass is 10.2. The van der Waals surface area contributed by atoms with Gasteiger partial charge in [-0.25, -0.2) is 0 Å². The van der Waals surface area contributed by atoms with Crippen LogP contribution in [0.5, 0.6) is 0 Å². The first-order valence-corrected chi connectivity index (χ1v) is 8.71. The van der Waals surface area contributed by atoms with Gasteiger partial charge in [0.2, 0.25) is 5.91 Å². The zero-order chi connectivity index (χ0) is 14.2. The number of carbonyl (C=O) groups is 1. The summed E-state index contributed by atoms with van der Waals surface area (Å²) < 4.78 is 0. The first-order chi connectivity index (χ1) is 9.78. The molecule has 0 saturated carbocycles. The monoisotopic (exact) mass is 303 g/mol. The van der Waals surface area contributed by atoms with Gasteiger partial charge in [0.1, 0.15) is 0 Å². The molecule has 0 fully saturated rings. The molecule has 0 aliphatic heterocycles. The maximum Gasteiger partial charge on any atom is 0.234 e. The summed E-state index contributed by atoms with van der Waals surface area (Å²) in [6, 6.07) is 18.0. The van der Waals surface area contributed by atoms with Crippen LogP contribution in [0.4, 0.5) is 5.69 Å². The molecule has 20 heavy (non-hydrogen) atoms. The second-order valence-corrected chi connectivity index (χ2v) is 6.12. The van der Waals surface area contributed by atoms with Crippen molar-refractivity contribution in [1.82, 2.24) is 0 Å². The Kier molecular flexibility index (Phi) is 6.02. The minimum Gasteiger partial charge on any atom is -0.325 e. The van der Waals surface area contributed by atoms with Gasteiger partial charge >= 0.3 is 0 Å². The van der Waals surface area contributed by atoms with E-state index in [2.05, 4.69) is 35.8 Å². The molecule has 2 nitrogen and oxygen atoms in total. The molecule has 0 aromatic heterocycles. The molecule has 1 amide bonds. The number of para-hydroxylation sites is 1. The Morgan fingerprint density at radius 2 is 1.75 bits per heavy atom. The van der Waals surface area contributed by atoms with Crippen LogP contribution in [0.3, 0.4) is 0 Å². The summed E-state index contributed by atoms with van der Waals surface area (Å²) in [5.74, 6) is 1.37. The number of benzene rings is 2. The molecule has 0 aliphatic carbocycles. The lowest BCUT2D eigenvalue weighted by molar-refractivity contribution is -0.113. The molecule has 0 atom stereocenters. The van der Waals surface area contributed by atoms with E-state index in [9.17, 15) is 4.79 Å². The first kappa shape index (κ1) is 15.0. The predicted molar refractivity (Wildman–Crippen MR) is 89.5 cm³/mol. The average Bonchev–Trinajstić information content (AvgIpc) is 2.49. The number of amides is 1. The molecule has 0 bridgehead atoms. The van der Waals surface area contributed by atoms with E-state index >= 15 is 0 Å².